The van der Waals surface area contributed by atoms with Gasteiger partial charge >= 0.3 is 0 Å². The van der Waals surface area contributed by atoms with E-state index < -0.39 is 20.0 Å². The summed E-state index contributed by atoms with van der Waals surface area (Å²) in [6.45, 7) is 0. The lowest BCUT2D eigenvalue weighted by Crippen LogP contribution is -2.39. The molecule has 0 spiro atoms. The molecule has 0 amide bonds. The zero-order valence-corrected chi connectivity index (χ0v) is 33.7. The number of pyridine rings is 2. The molecule has 4 aromatic rings. The highest BCUT2D eigenvalue weighted by Gasteiger charge is 2.30. The highest BCUT2D eigenvalue weighted by Crippen LogP contribution is 2.41. The molecule has 4 N–H and O–H groups in total. The molecule has 2 aliphatic rings. The first-order chi connectivity index (χ1) is 24.6. The van der Waals surface area contributed by atoms with Gasteiger partial charge in [0.25, 0.3) is 0 Å². The van der Waals surface area contributed by atoms with Gasteiger partial charge < -0.3 is 24.7 Å². The number of benzene rings is 2. The first kappa shape index (κ1) is 40.4. The Balaban J connectivity index is 0.000000201. The van der Waals surface area contributed by atoms with Crippen LogP contribution in [-0.4, -0.2) is 53.1 Å². The van der Waals surface area contributed by atoms with Crippen molar-refractivity contribution in [3.05, 3.63) is 73.4 Å². The molecule has 280 valence electrons. The maximum Gasteiger partial charge on any atom is 0.246 e. The summed E-state index contributed by atoms with van der Waals surface area (Å²) < 4.78 is 78.1. The summed E-state index contributed by atoms with van der Waals surface area (Å²) in [6.07, 6.45) is 7.92. The van der Waals surface area contributed by atoms with E-state index in [-0.39, 0.29) is 76.7 Å². The number of nitrogens with zero attached hydrogens (tertiary/aromatic N) is 2. The minimum Gasteiger partial charge on any atom is -0.480 e. The van der Waals surface area contributed by atoms with Crippen molar-refractivity contribution < 1.29 is 35.8 Å². The van der Waals surface area contributed by atoms with Crippen molar-refractivity contribution in [2.24, 2.45) is 0 Å². The van der Waals surface area contributed by atoms with Crippen molar-refractivity contribution in [2.75, 3.05) is 20.0 Å². The number of methoxy groups -OCH3 is 2. The lowest BCUT2D eigenvalue weighted by atomic mass is 9.94. The van der Waals surface area contributed by atoms with Crippen LogP contribution in [0.5, 0.6) is 34.8 Å². The Labute approximate surface area is 329 Å². The largest absolute Gasteiger partial charge is 0.480 e. The van der Waals surface area contributed by atoms with E-state index in [9.17, 15) is 16.8 Å². The van der Waals surface area contributed by atoms with Gasteiger partial charge in [-0.2, -0.15) is 0 Å². The molecule has 6 rings (SSSR count). The van der Waals surface area contributed by atoms with E-state index in [1.165, 1.54) is 50.9 Å². The smallest absolute Gasteiger partial charge is 0.246 e. The molecule has 0 saturated heterocycles. The van der Waals surface area contributed by atoms with E-state index in [1.54, 1.807) is 12.1 Å². The Hall–Kier alpha value is -2.80. The van der Waals surface area contributed by atoms with E-state index in [2.05, 4.69) is 35.3 Å². The summed E-state index contributed by atoms with van der Waals surface area (Å²) in [6, 6.07) is 8.72. The molecule has 0 radical (unpaired) electrons. The molecule has 2 saturated carbocycles. The molecule has 52 heavy (non-hydrogen) atoms. The minimum absolute atomic E-state index is 0.0165. The topological polar surface area (TPSA) is 181 Å². The number of rotatable bonds is 12. The number of ether oxygens (including phenoxy) is 4. The Morgan fingerprint density at radius 1 is 0.673 bits per heavy atom. The van der Waals surface area contributed by atoms with E-state index >= 15 is 0 Å². The Morgan fingerprint density at radius 2 is 1.04 bits per heavy atom. The van der Waals surface area contributed by atoms with Gasteiger partial charge in [-0.05, 0) is 49.9 Å². The third kappa shape index (κ3) is 9.84. The summed E-state index contributed by atoms with van der Waals surface area (Å²) in [4.78, 5) is 7.81. The van der Waals surface area contributed by atoms with Crippen LogP contribution in [0.3, 0.4) is 0 Å². The van der Waals surface area contributed by atoms with Crippen molar-refractivity contribution in [1.82, 2.24) is 19.4 Å². The molecule has 2 aliphatic carbocycles. The van der Waals surface area contributed by atoms with Crippen molar-refractivity contribution >= 4 is 88.1 Å². The molecule has 0 aliphatic heterocycles. The molecule has 2 fully saturated rings. The van der Waals surface area contributed by atoms with Gasteiger partial charge in [0.15, 0.2) is 11.5 Å². The summed E-state index contributed by atoms with van der Waals surface area (Å²) in [5, 5.41) is 0.944. The second-order valence-corrected chi connectivity index (χ2v) is 17.5. The van der Waals surface area contributed by atoms with Gasteiger partial charge in [0.2, 0.25) is 31.8 Å². The average molecular weight is 900 g/mol. The molecule has 2 aromatic heterocycles. The lowest BCUT2D eigenvalue weighted by Gasteiger charge is -2.26. The number of nitrogens with two attached hydrogens (primary N) is 1. The van der Waals surface area contributed by atoms with Crippen LogP contribution in [-0.2, 0) is 20.0 Å². The number of anilines is 1. The molecule has 0 atom stereocenters. The fourth-order valence-electron chi connectivity index (χ4n) is 4.79. The van der Waals surface area contributed by atoms with Crippen LogP contribution < -0.4 is 34.1 Å². The number of nitrogens with one attached hydrogen (secondary N) is 2. The second kappa shape index (κ2) is 17.1. The van der Waals surface area contributed by atoms with Gasteiger partial charge in [0.05, 0.1) is 46.7 Å². The molecule has 13 nitrogen and oxygen atoms in total. The zero-order chi connectivity index (χ0) is 37.8. The Bertz CT molecular complexity index is 1980. The van der Waals surface area contributed by atoms with Gasteiger partial charge in [-0.1, -0.05) is 75.2 Å². The van der Waals surface area contributed by atoms with Crippen LogP contribution in [0.4, 0.5) is 5.69 Å². The van der Waals surface area contributed by atoms with Gasteiger partial charge in [0, 0.05) is 34.4 Å². The molecule has 2 aromatic carbocycles. The highest BCUT2D eigenvalue weighted by atomic mass is 79.9. The van der Waals surface area contributed by atoms with Crippen LogP contribution in [0.25, 0.3) is 0 Å². The maximum absolute atomic E-state index is 12.7. The highest BCUT2D eigenvalue weighted by molar-refractivity contribution is 9.10. The molecule has 2 heterocycles. The Morgan fingerprint density at radius 3 is 1.37 bits per heavy atom. The molecule has 0 bridgehead atoms. The standard InChI is InChI=1S/C16H15BrCl2N2O4S.C16H17Cl2N3O4S/c1-24-16-14(26(22,23)21-10-3-2-4-10)7-11(8-20-16)25-15-12(18)5-9(17)6-13(15)19;1-24-16-14(26(22,23)21-10-3-2-4-10)7-11(8-20-16)25-15-12(17)5-9(19)6-13(15)18/h5-8,10,21H,2-4H2,1H3;5-8,10,21H,2-4,19H2,1H3. The van der Waals surface area contributed by atoms with E-state index in [0.717, 1.165) is 38.5 Å². The maximum atomic E-state index is 12.7. The van der Waals surface area contributed by atoms with Crippen LogP contribution in [0.1, 0.15) is 38.5 Å². The van der Waals surface area contributed by atoms with E-state index in [1.807, 2.05) is 0 Å². The number of hydrogen-bond donors (Lipinski definition) is 3. The summed E-state index contributed by atoms with van der Waals surface area (Å²) in [7, 11) is -4.90. The van der Waals surface area contributed by atoms with Crippen LogP contribution in [0, 0.1) is 0 Å². The SMILES string of the molecule is COc1ncc(Oc2c(Cl)cc(Br)cc2Cl)cc1S(=O)(=O)NC1CCC1.COc1ncc(Oc2c(Cl)cc(N)cc2Cl)cc1S(=O)(=O)NC1CCC1. The summed E-state index contributed by atoms with van der Waals surface area (Å²) in [5.74, 6) is 0.638. The van der Waals surface area contributed by atoms with Gasteiger partial charge in [-0.3, -0.25) is 0 Å². The van der Waals surface area contributed by atoms with Crippen LogP contribution in [0.15, 0.2) is 63.1 Å². The van der Waals surface area contributed by atoms with Crippen molar-refractivity contribution in [2.45, 2.75) is 60.4 Å². The molecular formula is C32H32BrCl4N5O8S2. The van der Waals surface area contributed by atoms with Crippen molar-refractivity contribution in [3.8, 4) is 34.8 Å². The summed E-state index contributed by atoms with van der Waals surface area (Å²) >= 11 is 27.8. The molecular weight excluding hydrogens is 868 g/mol. The molecule has 20 heteroatoms. The van der Waals surface area contributed by atoms with E-state index in [4.69, 9.17) is 71.1 Å². The Kier molecular flexibility index (Phi) is 13.3. The average Bonchev–Trinajstić information content (AvgIpc) is 3.04. The van der Waals surface area contributed by atoms with Crippen LogP contribution in [0.2, 0.25) is 20.1 Å². The van der Waals surface area contributed by atoms with Crippen LogP contribution >= 0.6 is 62.3 Å². The number of nitrogen functional groups attached to an aromatic ring is 1. The van der Waals surface area contributed by atoms with Gasteiger partial charge in [-0.25, -0.2) is 36.2 Å². The fourth-order valence-corrected chi connectivity index (χ4v) is 9.53. The number of sulfonamides is 2. The zero-order valence-electron chi connectivity index (χ0n) is 27.5. The number of aromatic nitrogens is 2. The normalized spacial score (nSPS) is 14.8. The van der Waals surface area contributed by atoms with Gasteiger partial charge in [-0.15, -0.1) is 0 Å². The number of hydrogen-bond acceptors (Lipinski definition) is 11. The van der Waals surface area contributed by atoms with E-state index in [0.29, 0.717) is 10.2 Å². The fraction of sp³-hybridized carbons (Fsp3) is 0.312. The summed E-state index contributed by atoms with van der Waals surface area (Å²) in [5.41, 5.74) is 6.05. The van der Waals surface area contributed by atoms with Crippen molar-refractivity contribution in [1.29, 1.82) is 0 Å². The third-order valence-electron chi connectivity index (χ3n) is 7.83. The first-order valence-corrected chi connectivity index (χ1v) is 20.7. The first-order valence-electron chi connectivity index (χ1n) is 15.5. The number of halogens is 5. The lowest BCUT2D eigenvalue weighted by molar-refractivity contribution is 0.371. The predicted molar refractivity (Wildman–Crippen MR) is 203 cm³/mol. The monoisotopic (exact) mass is 897 g/mol. The third-order valence-corrected chi connectivity index (χ3v) is 12.4. The van der Waals surface area contributed by atoms with Gasteiger partial charge in [0.1, 0.15) is 21.3 Å². The second-order valence-electron chi connectivity index (χ2n) is 11.6. The predicted octanol–water partition coefficient (Wildman–Crippen LogP) is 8.38. The van der Waals surface area contributed by atoms with Crippen molar-refractivity contribution in [3.63, 3.8) is 0 Å². The molecule has 0 unspecified atom stereocenters. The quantitative estimate of drug-likeness (QED) is 0.116. The minimum atomic E-state index is -3.81.